The number of carbonyl (C=O) groups is 3. The van der Waals surface area contributed by atoms with Crippen molar-refractivity contribution in [3.8, 4) is 0 Å². The number of carbonyl (C=O) groups excluding carboxylic acids is 3. The Kier molecular flexibility index (Phi) is 7.76. The van der Waals surface area contributed by atoms with Crippen molar-refractivity contribution in [3.05, 3.63) is 81.1 Å². The standard InChI is InChI=1S/C24H25ClFN5O3S/c1-24(2,3)29-22(33)19(14-6-8-15(25)9-7-14)31(12-13-4-10-16(26)11-5-13)23(34)20-17(27)18(21(28)32)30-35-20/h4-11,19H,12,27H2,1-3H3,(H2,28,32)(H,29,33)/t19-/m0/s1. The predicted molar refractivity (Wildman–Crippen MR) is 133 cm³/mol. The fourth-order valence-electron chi connectivity index (χ4n) is 3.38. The van der Waals surface area contributed by atoms with Gasteiger partial charge in [0.1, 0.15) is 16.7 Å². The second-order valence-electron chi connectivity index (χ2n) is 8.89. The Balaban J connectivity index is 2.15. The average Bonchev–Trinajstić information content (AvgIpc) is 3.16. The summed E-state index contributed by atoms with van der Waals surface area (Å²) in [6, 6.07) is 11.0. The molecule has 0 aliphatic rings. The normalized spacial score (nSPS) is 12.1. The van der Waals surface area contributed by atoms with E-state index in [-0.39, 0.29) is 22.8 Å². The van der Waals surface area contributed by atoms with Gasteiger partial charge < -0.3 is 21.7 Å². The minimum atomic E-state index is -1.11. The van der Waals surface area contributed by atoms with Gasteiger partial charge in [-0.25, -0.2) is 4.39 Å². The Morgan fingerprint density at radius 3 is 2.23 bits per heavy atom. The van der Waals surface area contributed by atoms with Crippen LogP contribution in [0.1, 0.15) is 58.1 Å². The molecule has 3 amide bonds. The van der Waals surface area contributed by atoms with Gasteiger partial charge in [0, 0.05) is 17.1 Å². The lowest BCUT2D eigenvalue weighted by Crippen LogP contribution is -2.49. The van der Waals surface area contributed by atoms with E-state index in [0.29, 0.717) is 27.7 Å². The van der Waals surface area contributed by atoms with E-state index in [1.165, 1.54) is 29.2 Å². The van der Waals surface area contributed by atoms with E-state index in [9.17, 15) is 18.8 Å². The van der Waals surface area contributed by atoms with Crippen LogP contribution < -0.4 is 16.8 Å². The number of amides is 3. The van der Waals surface area contributed by atoms with Crippen molar-refractivity contribution >= 4 is 46.5 Å². The predicted octanol–water partition coefficient (Wildman–Crippen LogP) is 3.92. The number of hydrogen-bond acceptors (Lipinski definition) is 6. The first-order valence-corrected chi connectivity index (χ1v) is 11.7. The third-order valence-corrected chi connectivity index (χ3v) is 6.03. The number of anilines is 1. The summed E-state index contributed by atoms with van der Waals surface area (Å²) in [5.74, 6) is -2.40. The van der Waals surface area contributed by atoms with Gasteiger partial charge >= 0.3 is 0 Å². The minimum Gasteiger partial charge on any atom is -0.395 e. The molecule has 0 fully saturated rings. The Bertz CT molecular complexity index is 1240. The summed E-state index contributed by atoms with van der Waals surface area (Å²) in [6.07, 6.45) is 0. The Morgan fingerprint density at radius 2 is 1.71 bits per heavy atom. The maximum Gasteiger partial charge on any atom is 0.270 e. The molecule has 11 heteroatoms. The zero-order valence-corrected chi connectivity index (χ0v) is 20.9. The van der Waals surface area contributed by atoms with Crippen LogP contribution in [-0.4, -0.2) is 32.5 Å². The fraction of sp³-hybridized carbons (Fsp3) is 0.250. The van der Waals surface area contributed by atoms with Gasteiger partial charge in [-0.15, -0.1) is 0 Å². The first-order valence-electron chi connectivity index (χ1n) is 10.5. The van der Waals surface area contributed by atoms with Crippen LogP contribution >= 0.6 is 23.1 Å². The van der Waals surface area contributed by atoms with E-state index in [1.807, 2.05) is 20.8 Å². The summed E-state index contributed by atoms with van der Waals surface area (Å²) in [7, 11) is 0. The lowest BCUT2D eigenvalue weighted by atomic mass is 10.0. The molecule has 8 nitrogen and oxygen atoms in total. The molecule has 5 N–H and O–H groups in total. The fourth-order valence-corrected chi connectivity index (χ4v) is 4.27. The lowest BCUT2D eigenvalue weighted by Gasteiger charge is -2.33. The van der Waals surface area contributed by atoms with E-state index in [4.69, 9.17) is 23.1 Å². The van der Waals surface area contributed by atoms with Gasteiger partial charge in [0.25, 0.3) is 11.8 Å². The van der Waals surface area contributed by atoms with Crippen LogP contribution in [0.5, 0.6) is 0 Å². The van der Waals surface area contributed by atoms with Crippen LogP contribution in [0.2, 0.25) is 5.02 Å². The summed E-state index contributed by atoms with van der Waals surface area (Å²) in [5.41, 5.74) is 11.4. The molecule has 0 unspecified atom stereocenters. The Hall–Kier alpha value is -3.50. The van der Waals surface area contributed by atoms with Crippen molar-refractivity contribution in [2.75, 3.05) is 5.73 Å². The van der Waals surface area contributed by atoms with E-state index < -0.39 is 35.1 Å². The van der Waals surface area contributed by atoms with E-state index in [0.717, 1.165) is 0 Å². The summed E-state index contributed by atoms with van der Waals surface area (Å²) in [6.45, 7) is 5.38. The highest BCUT2D eigenvalue weighted by molar-refractivity contribution is 7.09. The highest BCUT2D eigenvalue weighted by atomic mass is 35.5. The quantitative estimate of drug-likeness (QED) is 0.437. The zero-order valence-electron chi connectivity index (χ0n) is 19.3. The van der Waals surface area contributed by atoms with Gasteiger partial charge in [0.15, 0.2) is 5.69 Å². The van der Waals surface area contributed by atoms with Crippen molar-refractivity contribution < 1.29 is 18.8 Å². The number of primary amides is 1. The number of nitrogens with two attached hydrogens (primary N) is 2. The van der Waals surface area contributed by atoms with Crippen molar-refractivity contribution in [1.29, 1.82) is 0 Å². The highest BCUT2D eigenvalue weighted by Gasteiger charge is 2.36. The summed E-state index contributed by atoms with van der Waals surface area (Å²) in [4.78, 5) is 40.3. The zero-order chi connectivity index (χ0) is 25.9. The van der Waals surface area contributed by atoms with Gasteiger partial charge in [0.2, 0.25) is 5.91 Å². The molecule has 0 saturated carbocycles. The molecule has 1 aromatic heterocycles. The molecule has 35 heavy (non-hydrogen) atoms. The third-order valence-electron chi connectivity index (χ3n) is 4.93. The molecule has 3 aromatic rings. The highest BCUT2D eigenvalue weighted by Crippen LogP contribution is 2.31. The first-order chi connectivity index (χ1) is 16.4. The van der Waals surface area contributed by atoms with Crippen LogP contribution in [0.3, 0.4) is 0 Å². The lowest BCUT2D eigenvalue weighted by molar-refractivity contribution is -0.127. The molecule has 1 atom stereocenters. The molecule has 1 heterocycles. The Morgan fingerprint density at radius 1 is 1.11 bits per heavy atom. The smallest absolute Gasteiger partial charge is 0.270 e. The average molecular weight is 518 g/mol. The number of rotatable bonds is 7. The van der Waals surface area contributed by atoms with Gasteiger partial charge in [-0.3, -0.25) is 14.4 Å². The maximum absolute atomic E-state index is 13.8. The van der Waals surface area contributed by atoms with Gasteiger partial charge in [-0.2, -0.15) is 4.37 Å². The molecule has 0 radical (unpaired) electrons. The number of nitrogen functional groups attached to an aromatic ring is 1. The SMILES string of the molecule is CC(C)(C)NC(=O)[C@H](c1ccc(Cl)cc1)N(Cc1ccc(F)cc1)C(=O)c1snc(C(N)=O)c1N. The second-order valence-corrected chi connectivity index (χ2v) is 10.1. The molecule has 0 aliphatic carbocycles. The monoisotopic (exact) mass is 517 g/mol. The van der Waals surface area contributed by atoms with E-state index in [1.54, 1.807) is 24.3 Å². The number of nitrogens with zero attached hydrogens (tertiary/aromatic N) is 2. The number of benzene rings is 2. The van der Waals surface area contributed by atoms with Crippen molar-refractivity contribution in [1.82, 2.24) is 14.6 Å². The van der Waals surface area contributed by atoms with Crippen LogP contribution in [0.25, 0.3) is 0 Å². The van der Waals surface area contributed by atoms with E-state index >= 15 is 0 Å². The maximum atomic E-state index is 13.8. The molecule has 0 saturated heterocycles. The third kappa shape index (κ3) is 6.34. The molecular formula is C24H25ClFN5O3S. The topological polar surface area (TPSA) is 131 Å². The molecular weight excluding hydrogens is 493 g/mol. The summed E-state index contributed by atoms with van der Waals surface area (Å²) < 4.78 is 17.4. The second kappa shape index (κ2) is 10.4. The van der Waals surface area contributed by atoms with Crippen LogP contribution in [0, 0.1) is 5.82 Å². The molecule has 0 spiro atoms. The number of aromatic nitrogens is 1. The van der Waals surface area contributed by atoms with Crippen molar-refractivity contribution in [3.63, 3.8) is 0 Å². The molecule has 0 bridgehead atoms. The molecule has 184 valence electrons. The largest absolute Gasteiger partial charge is 0.395 e. The van der Waals surface area contributed by atoms with Gasteiger partial charge in [-0.1, -0.05) is 35.9 Å². The van der Waals surface area contributed by atoms with Crippen LogP contribution in [-0.2, 0) is 11.3 Å². The molecule has 2 aromatic carbocycles. The number of hydrogen-bond donors (Lipinski definition) is 3. The van der Waals surface area contributed by atoms with Crippen LogP contribution in [0.4, 0.5) is 10.1 Å². The van der Waals surface area contributed by atoms with Crippen molar-refractivity contribution in [2.45, 2.75) is 38.9 Å². The minimum absolute atomic E-state index is 0.0385. The van der Waals surface area contributed by atoms with E-state index in [2.05, 4.69) is 9.69 Å². The Labute approximate surface area is 211 Å². The van der Waals surface area contributed by atoms with Gasteiger partial charge in [0.05, 0.1) is 5.69 Å². The first kappa shape index (κ1) is 26.1. The molecule has 3 rings (SSSR count). The molecule has 0 aliphatic heterocycles. The number of halogens is 2. The van der Waals surface area contributed by atoms with Crippen LogP contribution in [0.15, 0.2) is 48.5 Å². The van der Waals surface area contributed by atoms with Gasteiger partial charge in [-0.05, 0) is 67.7 Å². The van der Waals surface area contributed by atoms with Crippen molar-refractivity contribution in [2.24, 2.45) is 5.73 Å². The summed E-state index contributed by atoms with van der Waals surface area (Å²) >= 11 is 6.77. The summed E-state index contributed by atoms with van der Waals surface area (Å²) in [5, 5.41) is 3.37. The number of nitrogens with one attached hydrogen (secondary N) is 1.